The summed E-state index contributed by atoms with van der Waals surface area (Å²) in [5.74, 6) is 0. The Labute approximate surface area is 148 Å². The second-order valence-corrected chi connectivity index (χ2v) is 12.6. The highest BCUT2D eigenvalue weighted by atomic mass is 32.3. The second kappa shape index (κ2) is 6.55. The molecule has 0 aliphatic heterocycles. The Kier molecular flexibility index (Phi) is 5.59. The Hall–Kier alpha value is -1.70. The molecule has 25 heavy (non-hydrogen) atoms. The SMILES string of the molecule is CC(C)(C)c1ccc(S(=O)(=O)C(C#N)=C(S(C)(=O)=O)S(C)(=O)=O)cc1. The Bertz CT molecular complexity index is 1030. The van der Waals surface area contributed by atoms with Gasteiger partial charge in [-0.2, -0.15) is 5.26 Å². The molecule has 0 unspecified atom stereocenters. The summed E-state index contributed by atoms with van der Waals surface area (Å²) in [5.41, 5.74) is 0.571. The van der Waals surface area contributed by atoms with Gasteiger partial charge in [0.25, 0.3) is 0 Å². The van der Waals surface area contributed by atoms with E-state index in [0.29, 0.717) is 12.5 Å². The monoisotopic (exact) mass is 405 g/mol. The van der Waals surface area contributed by atoms with Gasteiger partial charge in [-0.05, 0) is 23.1 Å². The van der Waals surface area contributed by atoms with Crippen molar-refractivity contribution in [1.29, 1.82) is 5.26 Å². The lowest BCUT2D eigenvalue weighted by molar-refractivity contribution is 0.587. The van der Waals surface area contributed by atoms with Crippen molar-refractivity contribution in [3.05, 3.63) is 39.0 Å². The summed E-state index contributed by atoms with van der Waals surface area (Å²) in [4.78, 5) is -1.66. The molecule has 0 amide bonds. The van der Waals surface area contributed by atoms with E-state index >= 15 is 0 Å². The predicted octanol–water partition coefficient (Wildman–Crippen LogP) is 1.54. The van der Waals surface area contributed by atoms with E-state index in [0.717, 1.165) is 5.56 Å². The zero-order valence-corrected chi connectivity index (χ0v) is 16.9. The molecule has 0 radical (unpaired) electrons. The molecule has 0 atom stereocenters. The van der Waals surface area contributed by atoms with Crippen molar-refractivity contribution < 1.29 is 25.3 Å². The van der Waals surface area contributed by atoms with Gasteiger partial charge in [0, 0.05) is 12.5 Å². The first-order chi connectivity index (χ1) is 11.0. The standard InChI is InChI=1S/C15H19NO6S3/c1-15(2,3)11-6-8-12(9-7-11)25(21,22)13(10-16)14(23(4,17)18)24(5,19)20/h6-9H,1-5H3. The van der Waals surface area contributed by atoms with Crippen molar-refractivity contribution in [3.8, 4) is 6.07 Å². The molecule has 0 saturated heterocycles. The Morgan fingerprint density at radius 1 is 0.880 bits per heavy atom. The summed E-state index contributed by atoms with van der Waals surface area (Å²) >= 11 is 0. The molecule has 0 aliphatic carbocycles. The van der Waals surface area contributed by atoms with Crippen LogP contribution in [0.2, 0.25) is 0 Å². The van der Waals surface area contributed by atoms with Crippen molar-refractivity contribution in [2.45, 2.75) is 31.1 Å². The minimum absolute atomic E-state index is 0.249. The van der Waals surface area contributed by atoms with E-state index in [1.807, 2.05) is 20.8 Å². The largest absolute Gasteiger partial charge is 0.223 e. The zero-order valence-electron chi connectivity index (χ0n) is 14.4. The van der Waals surface area contributed by atoms with Crippen LogP contribution in [0, 0.1) is 11.3 Å². The molecule has 1 rings (SSSR count). The number of rotatable bonds is 4. The quantitative estimate of drug-likeness (QED) is 0.695. The zero-order chi connectivity index (χ0) is 19.8. The minimum Gasteiger partial charge on any atom is -0.223 e. The summed E-state index contributed by atoms with van der Waals surface area (Å²) in [6, 6.07) is 6.73. The predicted molar refractivity (Wildman–Crippen MR) is 94.7 cm³/mol. The number of nitrogens with zero attached hydrogens (tertiary/aromatic N) is 1. The number of allylic oxidation sites excluding steroid dienone is 1. The minimum atomic E-state index is -4.62. The number of nitriles is 1. The summed E-state index contributed by atoms with van der Waals surface area (Å²) in [6.07, 6.45) is 1.08. The highest BCUT2D eigenvalue weighted by Crippen LogP contribution is 2.29. The summed E-state index contributed by atoms with van der Waals surface area (Å²) in [7, 11) is -13.6. The van der Waals surface area contributed by atoms with Gasteiger partial charge in [0.1, 0.15) is 6.07 Å². The second-order valence-electron chi connectivity index (χ2n) is 6.55. The Morgan fingerprint density at radius 3 is 1.56 bits per heavy atom. The fourth-order valence-electron chi connectivity index (χ4n) is 2.08. The van der Waals surface area contributed by atoms with Crippen LogP contribution in [0.3, 0.4) is 0 Å². The molecule has 0 N–H and O–H groups in total. The lowest BCUT2D eigenvalue weighted by atomic mass is 9.87. The molecule has 0 bridgehead atoms. The molecule has 7 nitrogen and oxygen atoms in total. The van der Waals surface area contributed by atoms with Crippen LogP contribution < -0.4 is 0 Å². The molecule has 1 aromatic carbocycles. The van der Waals surface area contributed by atoms with E-state index < -0.39 is 38.7 Å². The first-order valence-electron chi connectivity index (χ1n) is 6.93. The number of hydrogen-bond acceptors (Lipinski definition) is 7. The lowest BCUT2D eigenvalue weighted by Gasteiger charge is -2.19. The highest BCUT2D eigenvalue weighted by molar-refractivity contribution is 8.15. The molecule has 0 heterocycles. The summed E-state index contributed by atoms with van der Waals surface area (Å²) in [6.45, 7) is 5.76. The van der Waals surface area contributed by atoms with Crippen molar-refractivity contribution >= 4 is 29.5 Å². The molecule has 0 aromatic heterocycles. The lowest BCUT2D eigenvalue weighted by Crippen LogP contribution is -2.18. The molecule has 0 saturated carbocycles. The van der Waals surface area contributed by atoms with Gasteiger partial charge in [0.05, 0.1) is 4.90 Å². The third-order valence-electron chi connectivity index (χ3n) is 3.26. The Balaban J connectivity index is 3.81. The van der Waals surface area contributed by atoms with Gasteiger partial charge in [0.2, 0.25) is 9.84 Å². The first-order valence-corrected chi connectivity index (χ1v) is 12.2. The van der Waals surface area contributed by atoms with E-state index in [4.69, 9.17) is 0 Å². The maximum atomic E-state index is 12.6. The van der Waals surface area contributed by atoms with Crippen molar-refractivity contribution in [2.75, 3.05) is 12.5 Å². The average molecular weight is 406 g/mol. The van der Waals surface area contributed by atoms with Gasteiger partial charge in [-0.15, -0.1) is 0 Å². The van der Waals surface area contributed by atoms with Crippen LogP contribution in [-0.4, -0.2) is 37.8 Å². The third-order valence-corrected chi connectivity index (χ3v) is 8.82. The van der Waals surface area contributed by atoms with Crippen LogP contribution in [0.5, 0.6) is 0 Å². The van der Waals surface area contributed by atoms with Gasteiger partial charge < -0.3 is 0 Å². The topological polar surface area (TPSA) is 126 Å². The van der Waals surface area contributed by atoms with Crippen LogP contribution in [0.4, 0.5) is 0 Å². The van der Waals surface area contributed by atoms with Gasteiger partial charge in [-0.3, -0.25) is 0 Å². The maximum absolute atomic E-state index is 12.6. The molecular formula is C15H19NO6S3. The number of sulfone groups is 3. The molecule has 0 spiro atoms. The molecule has 0 fully saturated rings. The van der Waals surface area contributed by atoms with E-state index in [2.05, 4.69) is 0 Å². The van der Waals surface area contributed by atoms with E-state index in [1.54, 1.807) is 0 Å². The van der Waals surface area contributed by atoms with Crippen LogP contribution in [0.25, 0.3) is 0 Å². The summed E-state index contributed by atoms with van der Waals surface area (Å²) < 4.78 is 71.1. The molecule has 1 aromatic rings. The van der Waals surface area contributed by atoms with Gasteiger partial charge >= 0.3 is 0 Å². The fraction of sp³-hybridized carbons (Fsp3) is 0.400. The maximum Gasteiger partial charge on any atom is 0.218 e. The Morgan fingerprint density at radius 2 is 1.28 bits per heavy atom. The number of benzene rings is 1. The van der Waals surface area contributed by atoms with Crippen LogP contribution in [-0.2, 0) is 34.9 Å². The molecule has 10 heteroatoms. The van der Waals surface area contributed by atoms with Gasteiger partial charge in [-0.1, -0.05) is 32.9 Å². The van der Waals surface area contributed by atoms with Crippen LogP contribution in [0.15, 0.2) is 38.3 Å². The third kappa shape index (κ3) is 4.68. The molecular weight excluding hydrogens is 386 g/mol. The normalized spacial score (nSPS) is 13.1. The van der Waals surface area contributed by atoms with Crippen molar-refractivity contribution in [1.82, 2.24) is 0 Å². The molecule has 138 valence electrons. The first kappa shape index (κ1) is 21.3. The van der Waals surface area contributed by atoms with E-state index in [1.165, 1.54) is 30.3 Å². The average Bonchev–Trinajstić information content (AvgIpc) is 2.40. The van der Waals surface area contributed by atoms with Gasteiger partial charge in [-0.25, -0.2) is 25.3 Å². The number of hydrogen-bond donors (Lipinski definition) is 0. The highest BCUT2D eigenvalue weighted by Gasteiger charge is 2.35. The van der Waals surface area contributed by atoms with Gasteiger partial charge in [0.15, 0.2) is 28.8 Å². The van der Waals surface area contributed by atoms with Crippen molar-refractivity contribution in [2.24, 2.45) is 0 Å². The van der Waals surface area contributed by atoms with Crippen LogP contribution >= 0.6 is 0 Å². The summed E-state index contributed by atoms with van der Waals surface area (Å²) in [5, 5.41) is 9.19. The fourth-order valence-corrected chi connectivity index (χ4v) is 7.68. The smallest absolute Gasteiger partial charge is 0.218 e. The van der Waals surface area contributed by atoms with E-state index in [-0.39, 0.29) is 10.3 Å². The van der Waals surface area contributed by atoms with Crippen molar-refractivity contribution in [3.63, 3.8) is 0 Å². The van der Waals surface area contributed by atoms with Crippen LogP contribution in [0.1, 0.15) is 26.3 Å². The molecule has 0 aliphatic rings. The van der Waals surface area contributed by atoms with E-state index in [9.17, 15) is 30.5 Å².